The Morgan fingerprint density at radius 3 is 2.83 bits per heavy atom. The van der Waals surface area contributed by atoms with Crippen molar-refractivity contribution in [2.45, 2.75) is 28.4 Å². The van der Waals surface area contributed by atoms with E-state index in [0.717, 1.165) is 29.2 Å². The molecule has 0 radical (unpaired) electrons. The molecule has 0 aromatic heterocycles. The first-order valence-corrected chi connectivity index (χ1v) is 10.2. The first-order valence-electron chi connectivity index (χ1n) is 8.12. The van der Waals surface area contributed by atoms with Gasteiger partial charge in [-0.25, -0.2) is 0 Å². The fourth-order valence-electron chi connectivity index (χ4n) is 2.80. The minimum absolute atomic E-state index is 0.119. The van der Waals surface area contributed by atoms with E-state index in [9.17, 15) is 4.79 Å². The van der Waals surface area contributed by atoms with Crippen LogP contribution in [-0.4, -0.2) is 30.5 Å². The van der Waals surface area contributed by atoms with Crippen molar-refractivity contribution < 1.29 is 4.79 Å². The monoisotopic (exact) mass is 358 g/mol. The molecule has 1 heterocycles. The van der Waals surface area contributed by atoms with Crippen LogP contribution in [0.2, 0.25) is 0 Å². The lowest BCUT2D eigenvalue weighted by atomic mass is 10.2. The molecule has 24 heavy (non-hydrogen) atoms. The predicted molar refractivity (Wildman–Crippen MR) is 105 cm³/mol. The van der Waals surface area contributed by atoms with Gasteiger partial charge in [0.1, 0.15) is 0 Å². The Kier molecular flexibility index (Phi) is 5.74. The third-order valence-electron chi connectivity index (χ3n) is 4.08. The van der Waals surface area contributed by atoms with Crippen LogP contribution in [0, 0.1) is 0 Å². The smallest absolute Gasteiger partial charge is 0.246 e. The average Bonchev–Trinajstić information content (AvgIpc) is 2.78. The summed E-state index contributed by atoms with van der Waals surface area (Å²) in [5.41, 5.74) is 2.06. The van der Waals surface area contributed by atoms with Crippen LogP contribution in [0.3, 0.4) is 0 Å². The van der Waals surface area contributed by atoms with Gasteiger partial charge in [0.05, 0.1) is 12.2 Å². The molecule has 5 heteroatoms. The number of fused-ring (bicyclic) bond motifs is 1. The number of hydrogen-bond acceptors (Lipinski definition) is 4. The molecule has 0 saturated heterocycles. The maximum atomic E-state index is 12.8. The van der Waals surface area contributed by atoms with E-state index in [1.54, 1.807) is 11.8 Å². The number of carbonyl (C=O) groups is 1. The highest BCUT2D eigenvalue weighted by Crippen LogP contribution is 2.37. The number of anilines is 2. The molecule has 0 spiro atoms. The van der Waals surface area contributed by atoms with Gasteiger partial charge in [-0.2, -0.15) is 0 Å². The van der Waals surface area contributed by atoms with Gasteiger partial charge in [-0.05, 0) is 36.9 Å². The first kappa shape index (κ1) is 17.2. The van der Waals surface area contributed by atoms with Crippen molar-refractivity contribution >= 4 is 40.8 Å². The Labute approximate surface area is 152 Å². The average molecular weight is 359 g/mol. The van der Waals surface area contributed by atoms with Crippen LogP contribution in [-0.2, 0) is 4.79 Å². The second-order valence-corrected chi connectivity index (χ2v) is 8.11. The molecule has 1 aliphatic heterocycles. The van der Waals surface area contributed by atoms with Gasteiger partial charge in [-0.15, -0.1) is 23.5 Å². The molecule has 1 aliphatic rings. The molecule has 3 nitrogen and oxygen atoms in total. The number of hydrogen-bond donors (Lipinski definition) is 1. The minimum atomic E-state index is 0.119. The molecule has 1 N–H and O–H groups in total. The molecule has 0 saturated carbocycles. The van der Waals surface area contributed by atoms with Gasteiger partial charge < -0.3 is 10.2 Å². The molecule has 2 aromatic carbocycles. The quantitative estimate of drug-likeness (QED) is 0.800. The number of thioether (sulfide) groups is 2. The van der Waals surface area contributed by atoms with Crippen LogP contribution in [0.25, 0.3) is 0 Å². The Bertz CT molecular complexity index is 720. The van der Waals surface area contributed by atoms with Crippen LogP contribution >= 0.6 is 23.5 Å². The van der Waals surface area contributed by atoms with E-state index in [-0.39, 0.29) is 5.91 Å². The van der Waals surface area contributed by atoms with E-state index in [1.165, 1.54) is 4.90 Å². The van der Waals surface area contributed by atoms with Crippen LogP contribution < -0.4 is 10.2 Å². The molecule has 1 amide bonds. The summed E-state index contributed by atoms with van der Waals surface area (Å²) >= 11 is 3.54. The van der Waals surface area contributed by atoms with Crippen molar-refractivity contribution in [1.82, 2.24) is 0 Å². The van der Waals surface area contributed by atoms with Crippen molar-refractivity contribution in [1.29, 1.82) is 0 Å². The van der Waals surface area contributed by atoms with E-state index in [1.807, 2.05) is 59.3 Å². The Balaban J connectivity index is 1.75. The summed E-state index contributed by atoms with van der Waals surface area (Å²) < 4.78 is 0. The van der Waals surface area contributed by atoms with Crippen molar-refractivity contribution in [3.8, 4) is 0 Å². The Morgan fingerprint density at radius 2 is 2.00 bits per heavy atom. The van der Waals surface area contributed by atoms with Gasteiger partial charge in [-0.3, -0.25) is 4.79 Å². The zero-order valence-electron chi connectivity index (χ0n) is 14.0. The minimum Gasteiger partial charge on any atom is -0.375 e. The lowest BCUT2D eigenvalue weighted by molar-refractivity contribution is -0.117. The third-order valence-corrected chi connectivity index (χ3v) is 6.11. The van der Waals surface area contributed by atoms with Gasteiger partial charge in [0.25, 0.3) is 0 Å². The van der Waals surface area contributed by atoms with Crippen LogP contribution in [0.4, 0.5) is 11.4 Å². The number of rotatable bonds is 4. The zero-order chi connectivity index (χ0) is 16.9. The van der Waals surface area contributed by atoms with Gasteiger partial charge in [0.2, 0.25) is 5.91 Å². The van der Waals surface area contributed by atoms with Crippen molar-refractivity contribution in [3.05, 3.63) is 48.5 Å². The molecular weight excluding hydrogens is 336 g/mol. The van der Waals surface area contributed by atoms with Gasteiger partial charge in [0.15, 0.2) is 0 Å². The SMILES string of the molecule is CSc1ccccc1NCC(=O)N1CCC(C)Sc2ccccc21. The molecule has 3 rings (SSSR count). The second-order valence-electron chi connectivity index (χ2n) is 5.78. The maximum Gasteiger partial charge on any atom is 0.246 e. The summed E-state index contributed by atoms with van der Waals surface area (Å²) in [6.45, 7) is 3.31. The van der Waals surface area contributed by atoms with E-state index >= 15 is 0 Å². The zero-order valence-corrected chi connectivity index (χ0v) is 15.6. The molecule has 1 unspecified atom stereocenters. The van der Waals surface area contributed by atoms with Crippen molar-refractivity contribution in [2.24, 2.45) is 0 Å². The van der Waals surface area contributed by atoms with Gasteiger partial charge in [-0.1, -0.05) is 31.2 Å². The highest BCUT2D eigenvalue weighted by Gasteiger charge is 2.23. The van der Waals surface area contributed by atoms with Crippen LogP contribution in [0.15, 0.2) is 58.3 Å². The second kappa shape index (κ2) is 7.99. The molecule has 0 fully saturated rings. The summed E-state index contributed by atoms with van der Waals surface area (Å²) in [5, 5.41) is 3.83. The number of nitrogens with one attached hydrogen (secondary N) is 1. The van der Waals surface area contributed by atoms with Crippen molar-refractivity contribution in [3.63, 3.8) is 0 Å². The third kappa shape index (κ3) is 3.90. The fraction of sp³-hybridized carbons (Fsp3) is 0.316. The molecule has 1 atom stereocenters. The molecule has 2 aromatic rings. The number of amides is 1. The molecule has 0 aliphatic carbocycles. The Morgan fingerprint density at radius 1 is 1.25 bits per heavy atom. The highest BCUT2D eigenvalue weighted by molar-refractivity contribution is 8.00. The van der Waals surface area contributed by atoms with E-state index < -0.39 is 0 Å². The first-order chi connectivity index (χ1) is 11.7. The Hall–Kier alpha value is -1.59. The summed E-state index contributed by atoms with van der Waals surface area (Å²) in [4.78, 5) is 17.1. The summed E-state index contributed by atoms with van der Waals surface area (Å²) in [6, 6.07) is 16.3. The van der Waals surface area contributed by atoms with Crippen LogP contribution in [0.1, 0.15) is 13.3 Å². The fourth-order valence-corrected chi connectivity index (χ4v) is 4.49. The normalized spacial score (nSPS) is 17.1. The topological polar surface area (TPSA) is 32.3 Å². The number of carbonyl (C=O) groups excluding carboxylic acids is 1. The van der Waals surface area contributed by atoms with Crippen molar-refractivity contribution in [2.75, 3.05) is 29.6 Å². The van der Waals surface area contributed by atoms with E-state index in [0.29, 0.717) is 11.8 Å². The molecule has 126 valence electrons. The van der Waals surface area contributed by atoms with Crippen LogP contribution in [0.5, 0.6) is 0 Å². The molecular formula is C19H22N2OS2. The molecule has 0 bridgehead atoms. The summed E-state index contributed by atoms with van der Waals surface area (Å²) in [7, 11) is 0. The van der Waals surface area contributed by atoms with E-state index in [2.05, 4.69) is 24.4 Å². The van der Waals surface area contributed by atoms with E-state index in [4.69, 9.17) is 0 Å². The summed E-state index contributed by atoms with van der Waals surface area (Å²) in [5.74, 6) is 0.119. The highest BCUT2D eigenvalue weighted by atomic mass is 32.2. The largest absolute Gasteiger partial charge is 0.375 e. The summed E-state index contributed by atoms with van der Waals surface area (Å²) in [6.07, 6.45) is 3.05. The van der Waals surface area contributed by atoms with Gasteiger partial charge >= 0.3 is 0 Å². The number of benzene rings is 2. The number of para-hydroxylation sites is 2. The standard InChI is InChI=1S/C19H22N2OS2/c1-14-11-12-21(16-8-4-6-10-18(16)24-14)19(22)13-20-15-7-3-5-9-17(15)23-2/h3-10,14,20H,11-13H2,1-2H3. The lowest BCUT2D eigenvalue weighted by Crippen LogP contribution is -2.36. The predicted octanol–water partition coefficient (Wildman–Crippen LogP) is 4.74. The maximum absolute atomic E-state index is 12.8. The lowest BCUT2D eigenvalue weighted by Gasteiger charge is -2.23. The number of nitrogens with zero attached hydrogens (tertiary/aromatic N) is 1. The van der Waals surface area contributed by atoms with Gasteiger partial charge in [0, 0.05) is 27.3 Å².